The molecule has 1 aromatic heterocycles. The van der Waals surface area contributed by atoms with E-state index in [1.807, 2.05) is 13.8 Å². The van der Waals surface area contributed by atoms with Gasteiger partial charge in [-0.05, 0) is 26.0 Å². The zero-order valence-electron chi connectivity index (χ0n) is 13.0. The number of rotatable bonds is 3. The molecule has 0 aliphatic carbocycles. The van der Waals surface area contributed by atoms with Gasteiger partial charge >= 0.3 is 5.63 Å². The van der Waals surface area contributed by atoms with Crippen molar-refractivity contribution < 1.29 is 14.0 Å². The number of carbonyl (C=O) groups is 2. The fraction of sp³-hybridized carbons (Fsp3) is 0.353. The number of hydrogen-bond acceptors (Lipinski definition) is 4. The Balaban J connectivity index is 1.80. The van der Waals surface area contributed by atoms with Crippen molar-refractivity contribution in [3.8, 4) is 0 Å². The van der Waals surface area contributed by atoms with Crippen LogP contribution in [0, 0.1) is 0 Å². The topological polar surface area (TPSA) is 79.6 Å². The van der Waals surface area contributed by atoms with Crippen LogP contribution < -0.4 is 10.9 Å². The highest BCUT2D eigenvalue weighted by Crippen LogP contribution is 2.16. The molecule has 1 N–H and O–H groups in total. The Bertz CT molecular complexity index is 825. The molecule has 6 nitrogen and oxygen atoms in total. The Morgan fingerprint density at radius 2 is 2.04 bits per heavy atom. The lowest BCUT2D eigenvalue weighted by Crippen LogP contribution is -2.40. The van der Waals surface area contributed by atoms with Gasteiger partial charge in [0.25, 0.3) is 5.91 Å². The van der Waals surface area contributed by atoms with Crippen molar-refractivity contribution in [2.75, 3.05) is 6.54 Å². The number of benzene rings is 1. The third-order valence-corrected chi connectivity index (χ3v) is 4.00. The maximum atomic E-state index is 12.3. The highest BCUT2D eigenvalue weighted by Gasteiger charge is 2.32. The number of para-hydroxylation sites is 1. The van der Waals surface area contributed by atoms with E-state index in [2.05, 4.69) is 5.32 Å². The number of carbonyl (C=O) groups excluding carboxylic acids is 2. The molecule has 120 valence electrons. The molecular weight excluding hydrogens is 296 g/mol. The molecule has 23 heavy (non-hydrogen) atoms. The molecule has 1 aliphatic rings. The maximum absolute atomic E-state index is 12.3. The Morgan fingerprint density at radius 1 is 1.30 bits per heavy atom. The lowest BCUT2D eigenvalue weighted by molar-refractivity contribution is -0.129. The molecule has 0 radical (unpaired) electrons. The minimum atomic E-state index is -0.675. The van der Waals surface area contributed by atoms with Crippen LogP contribution in [0.25, 0.3) is 11.0 Å². The van der Waals surface area contributed by atoms with E-state index in [1.54, 1.807) is 29.2 Å². The summed E-state index contributed by atoms with van der Waals surface area (Å²) in [5, 5.41) is 3.44. The van der Waals surface area contributed by atoms with Gasteiger partial charge < -0.3 is 14.6 Å². The summed E-state index contributed by atoms with van der Waals surface area (Å²) in [6.07, 6.45) is 0.253. The van der Waals surface area contributed by atoms with E-state index >= 15 is 0 Å². The van der Waals surface area contributed by atoms with E-state index in [1.165, 1.54) is 6.07 Å². The van der Waals surface area contributed by atoms with Crippen molar-refractivity contribution in [3.63, 3.8) is 0 Å². The fourth-order valence-electron chi connectivity index (χ4n) is 2.81. The lowest BCUT2D eigenvalue weighted by atomic mass is 10.1. The highest BCUT2D eigenvalue weighted by molar-refractivity contribution is 5.97. The van der Waals surface area contributed by atoms with Crippen LogP contribution in [0.5, 0.6) is 0 Å². The second-order valence-electron chi connectivity index (χ2n) is 6.00. The summed E-state index contributed by atoms with van der Waals surface area (Å²) in [6, 6.07) is 8.34. The molecule has 1 aromatic carbocycles. The van der Waals surface area contributed by atoms with Crippen molar-refractivity contribution in [1.29, 1.82) is 0 Å². The van der Waals surface area contributed by atoms with Gasteiger partial charge in [0.1, 0.15) is 11.1 Å². The van der Waals surface area contributed by atoms with Crippen molar-refractivity contribution in [1.82, 2.24) is 10.2 Å². The lowest BCUT2D eigenvalue weighted by Gasteiger charge is -2.21. The second kappa shape index (κ2) is 5.87. The van der Waals surface area contributed by atoms with Gasteiger partial charge in [0.2, 0.25) is 5.91 Å². The molecule has 2 aromatic rings. The molecular formula is C17H18N2O4. The highest BCUT2D eigenvalue weighted by atomic mass is 16.4. The molecule has 1 saturated heterocycles. The SMILES string of the molecule is CC(C)N1CC(NC(=O)c2cc3ccccc3oc2=O)CC1=O. The predicted molar refractivity (Wildman–Crippen MR) is 85.2 cm³/mol. The number of nitrogens with one attached hydrogen (secondary N) is 1. The summed E-state index contributed by atoms with van der Waals surface area (Å²) in [5.41, 5.74) is -0.276. The van der Waals surface area contributed by atoms with Gasteiger partial charge in [-0.3, -0.25) is 9.59 Å². The molecule has 1 unspecified atom stereocenters. The number of likely N-dealkylation sites (tertiary alicyclic amines) is 1. The molecule has 6 heteroatoms. The molecule has 2 heterocycles. The number of amides is 2. The molecule has 1 fully saturated rings. The quantitative estimate of drug-likeness (QED) is 0.871. The molecule has 0 saturated carbocycles. The summed E-state index contributed by atoms with van der Waals surface area (Å²) in [6.45, 7) is 4.32. The Hall–Kier alpha value is -2.63. The first kappa shape index (κ1) is 15.3. The van der Waals surface area contributed by atoms with Crippen LogP contribution in [0.15, 0.2) is 39.5 Å². The second-order valence-corrected chi connectivity index (χ2v) is 6.00. The van der Waals surface area contributed by atoms with E-state index in [-0.39, 0.29) is 30.0 Å². The van der Waals surface area contributed by atoms with Crippen LogP contribution in [0.1, 0.15) is 30.6 Å². The van der Waals surface area contributed by atoms with Gasteiger partial charge in [0.05, 0.1) is 6.04 Å². The van der Waals surface area contributed by atoms with Gasteiger partial charge in [-0.1, -0.05) is 18.2 Å². The van der Waals surface area contributed by atoms with Crippen molar-refractivity contribution in [3.05, 3.63) is 46.3 Å². The Morgan fingerprint density at radius 3 is 2.74 bits per heavy atom. The van der Waals surface area contributed by atoms with Crippen LogP contribution >= 0.6 is 0 Å². The average molecular weight is 314 g/mol. The zero-order valence-corrected chi connectivity index (χ0v) is 13.0. The summed E-state index contributed by atoms with van der Waals surface area (Å²) in [4.78, 5) is 37.9. The van der Waals surface area contributed by atoms with E-state index in [9.17, 15) is 14.4 Å². The minimum Gasteiger partial charge on any atom is -0.422 e. The molecule has 3 rings (SSSR count). The van der Waals surface area contributed by atoms with E-state index < -0.39 is 11.5 Å². The fourth-order valence-corrected chi connectivity index (χ4v) is 2.81. The summed E-state index contributed by atoms with van der Waals surface area (Å²) in [5.74, 6) is -0.497. The standard InChI is InChI=1S/C17H18N2O4/c1-10(2)19-9-12(8-15(19)20)18-16(21)13-7-11-5-3-4-6-14(11)23-17(13)22/h3-7,10,12H,8-9H2,1-2H3,(H,18,21). The van der Waals surface area contributed by atoms with E-state index in [4.69, 9.17) is 4.42 Å². The molecule has 0 bridgehead atoms. The van der Waals surface area contributed by atoms with Crippen LogP contribution in [0.2, 0.25) is 0 Å². The predicted octanol–water partition coefficient (Wildman–Crippen LogP) is 1.53. The van der Waals surface area contributed by atoms with Crippen LogP contribution in [-0.4, -0.2) is 35.3 Å². The molecule has 1 atom stereocenters. The average Bonchev–Trinajstić information content (AvgIpc) is 2.87. The third kappa shape index (κ3) is 2.97. The smallest absolute Gasteiger partial charge is 0.349 e. The summed E-state index contributed by atoms with van der Waals surface area (Å²) < 4.78 is 5.17. The first-order chi connectivity index (χ1) is 11.0. The van der Waals surface area contributed by atoms with E-state index in [0.29, 0.717) is 17.5 Å². The first-order valence-corrected chi connectivity index (χ1v) is 7.59. The third-order valence-electron chi connectivity index (χ3n) is 4.00. The van der Waals surface area contributed by atoms with E-state index in [0.717, 1.165) is 0 Å². The van der Waals surface area contributed by atoms with Crippen molar-refractivity contribution in [2.45, 2.75) is 32.4 Å². The number of nitrogens with zero attached hydrogens (tertiary/aromatic N) is 1. The largest absolute Gasteiger partial charge is 0.422 e. The summed E-state index contributed by atoms with van der Waals surface area (Å²) >= 11 is 0. The number of hydrogen-bond donors (Lipinski definition) is 1. The Kier molecular flexibility index (Phi) is 3.90. The molecule has 1 aliphatic heterocycles. The van der Waals surface area contributed by atoms with Gasteiger partial charge in [0, 0.05) is 24.4 Å². The minimum absolute atomic E-state index is 0.0100. The summed E-state index contributed by atoms with van der Waals surface area (Å²) in [7, 11) is 0. The Labute approximate surface area is 133 Å². The first-order valence-electron chi connectivity index (χ1n) is 7.59. The van der Waals surface area contributed by atoms with Gasteiger partial charge in [-0.15, -0.1) is 0 Å². The zero-order chi connectivity index (χ0) is 16.6. The number of fused-ring (bicyclic) bond motifs is 1. The van der Waals surface area contributed by atoms with Crippen LogP contribution in [0.3, 0.4) is 0 Å². The maximum Gasteiger partial charge on any atom is 0.349 e. The van der Waals surface area contributed by atoms with Crippen LogP contribution in [0.4, 0.5) is 0 Å². The normalized spacial score (nSPS) is 18.0. The van der Waals surface area contributed by atoms with Crippen LogP contribution in [-0.2, 0) is 4.79 Å². The van der Waals surface area contributed by atoms with Gasteiger partial charge in [-0.25, -0.2) is 4.79 Å². The van der Waals surface area contributed by atoms with Gasteiger partial charge in [-0.2, -0.15) is 0 Å². The van der Waals surface area contributed by atoms with Crippen molar-refractivity contribution in [2.24, 2.45) is 0 Å². The molecule has 2 amide bonds. The van der Waals surface area contributed by atoms with Gasteiger partial charge in [0.15, 0.2) is 0 Å². The van der Waals surface area contributed by atoms with Crippen molar-refractivity contribution >= 4 is 22.8 Å². The molecule has 0 spiro atoms. The monoisotopic (exact) mass is 314 g/mol.